The van der Waals surface area contributed by atoms with Crippen molar-refractivity contribution in [3.63, 3.8) is 0 Å². The number of anilines is 1. The molecule has 1 aromatic carbocycles. The zero-order valence-electron chi connectivity index (χ0n) is 11.3. The number of aryl methyl sites for hydroxylation is 1. The average Bonchev–Trinajstić information content (AvgIpc) is 2.78. The summed E-state index contributed by atoms with van der Waals surface area (Å²) in [6.45, 7) is 1.94. The second-order valence-corrected chi connectivity index (χ2v) is 5.36. The molecular formula is C13H13BrF3N3O. The summed E-state index contributed by atoms with van der Waals surface area (Å²) in [5, 5.41) is 7.26. The molecule has 1 heterocycles. The van der Waals surface area contributed by atoms with E-state index in [2.05, 4.69) is 31.1 Å². The Morgan fingerprint density at radius 3 is 2.62 bits per heavy atom. The van der Waals surface area contributed by atoms with Crippen molar-refractivity contribution in [2.24, 2.45) is 7.05 Å². The molecule has 1 unspecified atom stereocenters. The van der Waals surface area contributed by atoms with Gasteiger partial charge in [-0.2, -0.15) is 5.10 Å². The van der Waals surface area contributed by atoms with Crippen LogP contribution in [0.15, 0.2) is 35.1 Å². The van der Waals surface area contributed by atoms with E-state index in [-0.39, 0.29) is 16.3 Å². The van der Waals surface area contributed by atoms with Gasteiger partial charge in [-0.05, 0) is 41.1 Å². The summed E-state index contributed by atoms with van der Waals surface area (Å²) < 4.78 is 42.4. The van der Waals surface area contributed by atoms with Crippen LogP contribution in [0.2, 0.25) is 0 Å². The molecule has 0 aliphatic heterocycles. The Balaban J connectivity index is 2.10. The van der Waals surface area contributed by atoms with Crippen LogP contribution >= 0.6 is 15.9 Å². The van der Waals surface area contributed by atoms with Crippen molar-refractivity contribution in [3.8, 4) is 5.75 Å². The molecule has 2 aromatic rings. The maximum Gasteiger partial charge on any atom is 0.573 e. The molecule has 0 aliphatic carbocycles. The first-order valence-corrected chi connectivity index (χ1v) is 6.84. The van der Waals surface area contributed by atoms with Crippen LogP contribution in [-0.4, -0.2) is 16.1 Å². The number of halogens is 4. The van der Waals surface area contributed by atoms with Gasteiger partial charge in [0.15, 0.2) is 0 Å². The summed E-state index contributed by atoms with van der Waals surface area (Å²) in [7, 11) is 1.82. The Bertz CT molecular complexity index is 627. The van der Waals surface area contributed by atoms with Gasteiger partial charge in [0, 0.05) is 24.5 Å². The van der Waals surface area contributed by atoms with Gasteiger partial charge in [-0.15, -0.1) is 13.2 Å². The van der Waals surface area contributed by atoms with Crippen LogP contribution in [0.1, 0.15) is 18.5 Å². The molecule has 0 amide bonds. The predicted molar refractivity (Wildman–Crippen MR) is 76.1 cm³/mol. The smallest absolute Gasteiger partial charge is 0.405 e. The molecule has 0 bridgehead atoms. The second-order valence-electron chi connectivity index (χ2n) is 4.51. The van der Waals surface area contributed by atoms with Crippen molar-refractivity contribution >= 4 is 21.6 Å². The number of nitrogens with one attached hydrogen (secondary N) is 1. The Morgan fingerprint density at radius 1 is 1.38 bits per heavy atom. The van der Waals surface area contributed by atoms with Crippen LogP contribution in [0.3, 0.4) is 0 Å². The van der Waals surface area contributed by atoms with E-state index in [1.165, 1.54) is 18.2 Å². The van der Waals surface area contributed by atoms with Crippen molar-refractivity contribution in [2.75, 3.05) is 5.32 Å². The number of aromatic nitrogens is 2. The van der Waals surface area contributed by atoms with E-state index in [9.17, 15) is 13.2 Å². The Kier molecular flexibility index (Phi) is 4.46. The van der Waals surface area contributed by atoms with Crippen LogP contribution in [0.4, 0.5) is 18.9 Å². The first-order valence-electron chi connectivity index (χ1n) is 6.05. The Morgan fingerprint density at radius 2 is 2.10 bits per heavy atom. The van der Waals surface area contributed by atoms with Gasteiger partial charge >= 0.3 is 6.36 Å². The SMILES string of the molecule is CC(Nc1ccc(OC(F)(F)F)c(Br)c1)c1cnn(C)c1. The molecule has 114 valence electrons. The van der Waals surface area contributed by atoms with Crippen molar-refractivity contribution in [3.05, 3.63) is 40.6 Å². The standard InChI is InChI=1S/C13H13BrF3N3O/c1-8(9-6-18-20(2)7-9)19-10-3-4-12(11(14)5-10)21-13(15,16)17/h3-8,19H,1-2H3. The zero-order valence-corrected chi connectivity index (χ0v) is 12.9. The van der Waals surface area contributed by atoms with E-state index in [4.69, 9.17) is 0 Å². The molecular weight excluding hydrogens is 351 g/mol. The lowest BCUT2D eigenvalue weighted by Crippen LogP contribution is -2.17. The molecule has 0 radical (unpaired) electrons. The first kappa shape index (κ1) is 15.7. The lowest BCUT2D eigenvalue weighted by atomic mass is 10.2. The number of ether oxygens (including phenoxy) is 1. The topological polar surface area (TPSA) is 39.1 Å². The van der Waals surface area contributed by atoms with Gasteiger partial charge in [0.25, 0.3) is 0 Å². The fourth-order valence-corrected chi connectivity index (χ4v) is 2.25. The van der Waals surface area contributed by atoms with E-state index in [0.29, 0.717) is 5.69 Å². The van der Waals surface area contributed by atoms with Crippen molar-refractivity contribution < 1.29 is 17.9 Å². The monoisotopic (exact) mass is 363 g/mol. The third-order valence-electron chi connectivity index (χ3n) is 2.77. The largest absolute Gasteiger partial charge is 0.573 e. The molecule has 0 fully saturated rings. The number of hydrogen-bond donors (Lipinski definition) is 1. The van der Waals surface area contributed by atoms with E-state index in [1.54, 1.807) is 10.9 Å². The molecule has 0 spiro atoms. The van der Waals surface area contributed by atoms with Gasteiger partial charge in [0.2, 0.25) is 0 Å². The lowest BCUT2D eigenvalue weighted by Gasteiger charge is -2.16. The Labute approximate surface area is 128 Å². The van der Waals surface area contributed by atoms with E-state index < -0.39 is 6.36 Å². The lowest BCUT2D eigenvalue weighted by molar-refractivity contribution is -0.274. The summed E-state index contributed by atoms with van der Waals surface area (Å²) in [5.74, 6) is -0.276. The third-order valence-corrected chi connectivity index (χ3v) is 3.39. The van der Waals surface area contributed by atoms with Crippen LogP contribution in [0, 0.1) is 0 Å². The maximum atomic E-state index is 12.2. The number of benzene rings is 1. The van der Waals surface area contributed by atoms with E-state index >= 15 is 0 Å². The van der Waals surface area contributed by atoms with Gasteiger partial charge in [-0.1, -0.05) is 0 Å². The molecule has 1 aromatic heterocycles. The summed E-state index contributed by atoms with van der Waals surface area (Å²) >= 11 is 3.07. The minimum Gasteiger partial charge on any atom is -0.405 e. The molecule has 21 heavy (non-hydrogen) atoms. The fourth-order valence-electron chi connectivity index (χ4n) is 1.80. The quantitative estimate of drug-likeness (QED) is 0.882. The minimum absolute atomic E-state index is 0.0278. The predicted octanol–water partition coefficient (Wildman–Crippen LogP) is 4.25. The number of alkyl halides is 3. The molecule has 2 rings (SSSR count). The first-order chi connectivity index (χ1) is 9.74. The molecule has 1 atom stereocenters. The van der Waals surface area contributed by atoms with Crippen LogP contribution < -0.4 is 10.1 Å². The second kappa shape index (κ2) is 5.97. The highest BCUT2D eigenvalue weighted by molar-refractivity contribution is 9.10. The normalized spacial score (nSPS) is 13.0. The van der Waals surface area contributed by atoms with Crippen molar-refractivity contribution in [2.45, 2.75) is 19.3 Å². The summed E-state index contributed by atoms with van der Waals surface area (Å²) in [4.78, 5) is 0. The van der Waals surface area contributed by atoms with E-state index in [1.807, 2.05) is 20.2 Å². The molecule has 0 saturated heterocycles. The highest BCUT2D eigenvalue weighted by Gasteiger charge is 2.31. The molecule has 0 aliphatic rings. The molecule has 4 nitrogen and oxygen atoms in total. The summed E-state index contributed by atoms with van der Waals surface area (Å²) in [6.07, 6.45) is -1.11. The zero-order chi connectivity index (χ0) is 15.6. The molecule has 1 N–H and O–H groups in total. The fraction of sp³-hybridized carbons (Fsp3) is 0.308. The maximum absolute atomic E-state index is 12.2. The number of nitrogens with zero attached hydrogens (tertiary/aromatic N) is 2. The molecule has 8 heteroatoms. The van der Waals surface area contributed by atoms with Gasteiger partial charge in [0.1, 0.15) is 5.75 Å². The highest BCUT2D eigenvalue weighted by Crippen LogP contribution is 2.33. The van der Waals surface area contributed by atoms with Crippen LogP contribution in [0.5, 0.6) is 5.75 Å². The number of rotatable bonds is 4. The minimum atomic E-state index is -4.71. The Hall–Kier alpha value is -1.70. The van der Waals surface area contributed by atoms with E-state index in [0.717, 1.165) is 5.56 Å². The van der Waals surface area contributed by atoms with Gasteiger partial charge < -0.3 is 10.1 Å². The van der Waals surface area contributed by atoms with Crippen molar-refractivity contribution in [1.82, 2.24) is 9.78 Å². The summed E-state index contributed by atoms with van der Waals surface area (Å²) in [6, 6.07) is 4.29. The van der Waals surface area contributed by atoms with Gasteiger partial charge in [0.05, 0.1) is 16.7 Å². The van der Waals surface area contributed by atoms with Gasteiger partial charge in [-0.3, -0.25) is 4.68 Å². The van der Waals surface area contributed by atoms with Crippen LogP contribution in [0.25, 0.3) is 0 Å². The molecule has 0 saturated carbocycles. The van der Waals surface area contributed by atoms with Crippen LogP contribution in [-0.2, 0) is 7.05 Å². The van der Waals surface area contributed by atoms with Gasteiger partial charge in [-0.25, -0.2) is 0 Å². The number of hydrogen-bond acceptors (Lipinski definition) is 3. The third kappa shape index (κ3) is 4.38. The average molecular weight is 364 g/mol. The van der Waals surface area contributed by atoms with Crippen molar-refractivity contribution in [1.29, 1.82) is 0 Å². The summed E-state index contributed by atoms with van der Waals surface area (Å²) in [5.41, 5.74) is 1.65. The highest BCUT2D eigenvalue weighted by atomic mass is 79.9.